The summed E-state index contributed by atoms with van der Waals surface area (Å²) in [4.78, 5) is 13.6. The maximum Gasteiger partial charge on any atom is 0.435 e. The molecule has 1 aromatic rings. The average Bonchev–Trinajstić information content (AvgIpc) is 2.47. The SMILES string of the molecule is CCOC(=O)C1CCCCN1c1ccc(C(F)(F)F)nn1. The Balaban J connectivity index is 2.19. The Hall–Kier alpha value is -1.86. The number of halogens is 3. The summed E-state index contributed by atoms with van der Waals surface area (Å²) in [6.07, 6.45) is -2.21. The van der Waals surface area contributed by atoms with Crippen molar-refractivity contribution in [3.63, 3.8) is 0 Å². The topological polar surface area (TPSA) is 55.3 Å². The molecule has 8 heteroatoms. The molecule has 0 radical (unpaired) electrons. The van der Waals surface area contributed by atoms with E-state index in [9.17, 15) is 18.0 Å². The number of aromatic nitrogens is 2. The molecule has 5 nitrogen and oxygen atoms in total. The van der Waals surface area contributed by atoms with Crippen LogP contribution in [0.25, 0.3) is 0 Å². The molecule has 0 N–H and O–H groups in total. The number of esters is 1. The van der Waals surface area contributed by atoms with Crippen molar-refractivity contribution < 1.29 is 22.7 Å². The summed E-state index contributed by atoms with van der Waals surface area (Å²) < 4.78 is 42.4. The quantitative estimate of drug-likeness (QED) is 0.803. The predicted molar refractivity (Wildman–Crippen MR) is 68.7 cm³/mol. The summed E-state index contributed by atoms with van der Waals surface area (Å²) in [7, 11) is 0. The van der Waals surface area contributed by atoms with Gasteiger partial charge in [0, 0.05) is 6.54 Å². The molecular formula is C13H16F3N3O2. The third kappa shape index (κ3) is 3.62. The number of anilines is 1. The number of rotatable bonds is 3. The van der Waals surface area contributed by atoms with Gasteiger partial charge in [-0.1, -0.05) is 0 Å². The number of carbonyl (C=O) groups is 1. The molecule has 1 unspecified atom stereocenters. The Morgan fingerprint density at radius 2 is 2.14 bits per heavy atom. The zero-order valence-corrected chi connectivity index (χ0v) is 11.6. The van der Waals surface area contributed by atoms with Crippen molar-refractivity contribution in [2.45, 2.75) is 38.4 Å². The molecule has 2 heterocycles. The van der Waals surface area contributed by atoms with Crippen LogP contribution in [0, 0.1) is 0 Å². The minimum absolute atomic E-state index is 0.265. The fraction of sp³-hybridized carbons (Fsp3) is 0.615. The Bertz CT molecular complexity index is 490. The van der Waals surface area contributed by atoms with Crippen LogP contribution in [-0.4, -0.2) is 35.4 Å². The highest BCUT2D eigenvalue weighted by Gasteiger charge is 2.34. The summed E-state index contributed by atoms with van der Waals surface area (Å²) in [5, 5.41) is 6.81. The summed E-state index contributed by atoms with van der Waals surface area (Å²) in [6.45, 7) is 2.52. The van der Waals surface area contributed by atoms with Gasteiger partial charge in [0.1, 0.15) is 6.04 Å². The van der Waals surface area contributed by atoms with Gasteiger partial charge in [0.05, 0.1) is 6.61 Å². The predicted octanol–water partition coefficient (Wildman–Crippen LogP) is 2.42. The second kappa shape index (κ2) is 6.28. The maximum absolute atomic E-state index is 12.5. The number of nitrogens with zero attached hydrogens (tertiary/aromatic N) is 3. The first-order valence-corrected chi connectivity index (χ1v) is 6.77. The zero-order valence-electron chi connectivity index (χ0n) is 11.6. The van der Waals surface area contributed by atoms with Crippen LogP contribution in [0.4, 0.5) is 19.0 Å². The van der Waals surface area contributed by atoms with Crippen LogP contribution in [0.15, 0.2) is 12.1 Å². The minimum atomic E-state index is -4.52. The van der Waals surface area contributed by atoms with E-state index >= 15 is 0 Å². The van der Waals surface area contributed by atoms with E-state index in [1.807, 2.05) is 0 Å². The van der Waals surface area contributed by atoms with Gasteiger partial charge in [-0.25, -0.2) is 4.79 Å². The molecule has 0 saturated carbocycles. The highest BCUT2D eigenvalue weighted by atomic mass is 19.4. The molecular weight excluding hydrogens is 287 g/mol. The lowest BCUT2D eigenvalue weighted by Gasteiger charge is -2.34. The van der Waals surface area contributed by atoms with Gasteiger partial charge in [0.25, 0.3) is 0 Å². The van der Waals surface area contributed by atoms with Gasteiger partial charge in [-0.3, -0.25) is 0 Å². The second-order valence-corrected chi connectivity index (χ2v) is 4.73. The monoisotopic (exact) mass is 303 g/mol. The summed E-state index contributed by atoms with van der Waals surface area (Å²) >= 11 is 0. The number of alkyl halides is 3. The third-order valence-corrected chi connectivity index (χ3v) is 3.30. The smallest absolute Gasteiger partial charge is 0.435 e. The molecule has 0 bridgehead atoms. The molecule has 1 atom stereocenters. The molecule has 0 aliphatic carbocycles. The normalized spacial score (nSPS) is 19.4. The lowest BCUT2D eigenvalue weighted by molar-refractivity contribution is -0.145. The summed E-state index contributed by atoms with van der Waals surface area (Å²) in [6, 6.07) is 1.61. The van der Waals surface area contributed by atoms with Gasteiger partial charge in [-0.2, -0.15) is 13.2 Å². The van der Waals surface area contributed by atoms with Crippen LogP contribution < -0.4 is 4.90 Å². The first-order chi connectivity index (χ1) is 9.93. The van der Waals surface area contributed by atoms with Crippen molar-refractivity contribution in [1.29, 1.82) is 0 Å². The van der Waals surface area contributed by atoms with E-state index in [2.05, 4.69) is 10.2 Å². The van der Waals surface area contributed by atoms with Crippen LogP contribution in [0.5, 0.6) is 0 Å². The highest BCUT2D eigenvalue weighted by molar-refractivity contribution is 5.79. The Morgan fingerprint density at radius 1 is 1.38 bits per heavy atom. The zero-order chi connectivity index (χ0) is 15.5. The average molecular weight is 303 g/mol. The lowest BCUT2D eigenvalue weighted by Crippen LogP contribution is -2.46. The van der Waals surface area contributed by atoms with Gasteiger partial charge < -0.3 is 9.64 Å². The van der Waals surface area contributed by atoms with E-state index in [0.29, 0.717) is 13.0 Å². The molecule has 1 aromatic heterocycles. The van der Waals surface area contributed by atoms with Crippen molar-refractivity contribution in [1.82, 2.24) is 10.2 Å². The number of carbonyl (C=O) groups excluding carboxylic acids is 1. The van der Waals surface area contributed by atoms with Crippen LogP contribution in [-0.2, 0) is 15.7 Å². The fourth-order valence-electron chi connectivity index (χ4n) is 2.32. The molecule has 21 heavy (non-hydrogen) atoms. The number of hydrogen-bond acceptors (Lipinski definition) is 5. The molecule has 0 aromatic carbocycles. The van der Waals surface area contributed by atoms with E-state index < -0.39 is 17.9 Å². The van der Waals surface area contributed by atoms with E-state index in [-0.39, 0.29) is 18.4 Å². The summed E-state index contributed by atoms with van der Waals surface area (Å²) in [5.74, 6) is -0.111. The Kier molecular flexibility index (Phi) is 4.64. The van der Waals surface area contributed by atoms with Crippen molar-refractivity contribution in [2.24, 2.45) is 0 Å². The van der Waals surface area contributed by atoms with Gasteiger partial charge >= 0.3 is 12.1 Å². The van der Waals surface area contributed by atoms with E-state index in [1.54, 1.807) is 11.8 Å². The Morgan fingerprint density at radius 3 is 2.71 bits per heavy atom. The minimum Gasteiger partial charge on any atom is -0.464 e. The van der Waals surface area contributed by atoms with Crippen LogP contribution >= 0.6 is 0 Å². The molecule has 0 spiro atoms. The maximum atomic E-state index is 12.5. The number of piperidine rings is 1. The van der Waals surface area contributed by atoms with E-state index in [4.69, 9.17) is 4.74 Å². The summed E-state index contributed by atoms with van der Waals surface area (Å²) in [5.41, 5.74) is -1.05. The molecule has 1 saturated heterocycles. The molecule has 0 amide bonds. The van der Waals surface area contributed by atoms with E-state index in [0.717, 1.165) is 18.9 Å². The van der Waals surface area contributed by atoms with Gasteiger partial charge in [0.2, 0.25) is 0 Å². The van der Waals surface area contributed by atoms with Crippen LogP contribution in [0.2, 0.25) is 0 Å². The van der Waals surface area contributed by atoms with Crippen molar-refractivity contribution >= 4 is 11.8 Å². The first kappa shape index (κ1) is 15.5. The van der Waals surface area contributed by atoms with Gasteiger partial charge in [-0.15, -0.1) is 10.2 Å². The largest absolute Gasteiger partial charge is 0.464 e. The molecule has 2 rings (SSSR count). The van der Waals surface area contributed by atoms with Crippen molar-refractivity contribution in [2.75, 3.05) is 18.1 Å². The highest BCUT2D eigenvalue weighted by Crippen LogP contribution is 2.29. The first-order valence-electron chi connectivity index (χ1n) is 6.77. The Labute approximate surface area is 120 Å². The van der Waals surface area contributed by atoms with Crippen molar-refractivity contribution in [3.05, 3.63) is 17.8 Å². The second-order valence-electron chi connectivity index (χ2n) is 4.73. The third-order valence-electron chi connectivity index (χ3n) is 3.30. The molecule has 1 aliphatic rings. The molecule has 1 fully saturated rings. The molecule has 1 aliphatic heterocycles. The number of ether oxygens (including phenoxy) is 1. The van der Waals surface area contributed by atoms with Gasteiger partial charge in [0.15, 0.2) is 11.5 Å². The van der Waals surface area contributed by atoms with Gasteiger partial charge in [-0.05, 0) is 38.3 Å². The van der Waals surface area contributed by atoms with Crippen molar-refractivity contribution in [3.8, 4) is 0 Å². The fourth-order valence-corrected chi connectivity index (χ4v) is 2.32. The van der Waals surface area contributed by atoms with Crippen LogP contribution in [0.3, 0.4) is 0 Å². The standard InChI is InChI=1S/C13H16F3N3O2/c1-2-21-12(20)9-5-3-4-8-19(9)11-7-6-10(17-18-11)13(14,15)16/h6-7,9H,2-5,8H2,1H3. The molecule has 116 valence electrons. The van der Waals surface area contributed by atoms with Crippen LogP contribution in [0.1, 0.15) is 31.9 Å². The lowest BCUT2D eigenvalue weighted by atomic mass is 10.0. The number of hydrogen-bond donors (Lipinski definition) is 0. The van der Waals surface area contributed by atoms with E-state index in [1.165, 1.54) is 6.07 Å².